The van der Waals surface area contributed by atoms with Crippen LogP contribution < -0.4 is 0 Å². The lowest BCUT2D eigenvalue weighted by Gasteiger charge is -2.33. The molecular weight excluding hydrogens is 156 g/mol. The number of hydrogen-bond acceptors (Lipinski definition) is 3. The summed E-state index contributed by atoms with van der Waals surface area (Å²) in [6.45, 7) is 3.31. The Morgan fingerprint density at radius 2 is 1.92 bits per heavy atom. The number of piperidine rings is 1. The molecule has 4 heteroatoms. The van der Waals surface area contributed by atoms with Crippen molar-refractivity contribution in [2.45, 2.75) is 26.1 Å². The lowest BCUT2D eigenvalue weighted by molar-refractivity contribution is -0.0950. The van der Waals surface area contributed by atoms with Gasteiger partial charge < -0.3 is 15.1 Å². The molecule has 3 N–H and O–H groups in total. The number of rotatable bonds is 1. The fraction of sp³-hybridized carbons (Fsp3) is 0.875. The van der Waals surface area contributed by atoms with E-state index in [0.717, 1.165) is 25.9 Å². The van der Waals surface area contributed by atoms with Gasteiger partial charge in [-0.2, -0.15) is 0 Å². The van der Waals surface area contributed by atoms with E-state index in [-0.39, 0.29) is 5.92 Å². The molecule has 0 saturated carbocycles. The van der Waals surface area contributed by atoms with Crippen molar-refractivity contribution in [3.63, 3.8) is 0 Å². The van der Waals surface area contributed by atoms with Crippen molar-refractivity contribution in [1.29, 1.82) is 5.41 Å². The van der Waals surface area contributed by atoms with Crippen LogP contribution in [0.5, 0.6) is 0 Å². The normalized spacial score (nSPS) is 20.2. The summed E-state index contributed by atoms with van der Waals surface area (Å²) in [7, 11) is 0. The number of aliphatic hydroxyl groups is 2. The largest absolute Gasteiger partial charge is 0.368 e. The summed E-state index contributed by atoms with van der Waals surface area (Å²) in [5.41, 5.74) is 0. The van der Waals surface area contributed by atoms with E-state index in [1.54, 1.807) is 6.92 Å². The van der Waals surface area contributed by atoms with Gasteiger partial charge in [0.15, 0.2) is 6.29 Å². The van der Waals surface area contributed by atoms with E-state index >= 15 is 0 Å². The average Bonchev–Trinajstić information content (AvgIpc) is 2.04. The van der Waals surface area contributed by atoms with Gasteiger partial charge in [-0.15, -0.1) is 0 Å². The molecule has 0 aliphatic carbocycles. The zero-order chi connectivity index (χ0) is 9.14. The smallest absolute Gasteiger partial charge is 0.154 e. The molecule has 4 nitrogen and oxygen atoms in total. The van der Waals surface area contributed by atoms with Crippen molar-refractivity contribution in [1.82, 2.24) is 4.90 Å². The van der Waals surface area contributed by atoms with Gasteiger partial charge in [-0.05, 0) is 19.8 Å². The summed E-state index contributed by atoms with van der Waals surface area (Å²) in [4.78, 5) is 1.96. The van der Waals surface area contributed by atoms with Crippen LogP contribution in [-0.4, -0.2) is 40.3 Å². The molecule has 0 aromatic rings. The van der Waals surface area contributed by atoms with Gasteiger partial charge in [0.05, 0.1) is 5.84 Å². The molecule has 0 amide bonds. The number of aliphatic hydroxyl groups excluding tert-OH is 1. The van der Waals surface area contributed by atoms with Gasteiger partial charge >= 0.3 is 0 Å². The molecule has 0 bridgehead atoms. The minimum absolute atomic E-state index is 0.000556. The monoisotopic (exact) mass is 172 g/mol. The van der Waals surface area contributed by atoms with Crippen LogP contribution in [-0.2, 0) is 0 Å². The van der Waals surface area contributed by atoms with Crippen molar-refractivity contribution in [2.24, 2.45) is 5.92 Å². The first-order valence-corrected chi connectivity index (χ1v) is 4.27. The summed E-state index contributed by atoms with van der Waals surface area (Å²) < 4.78 is 0. The maximum Gasteiger partial charge on any atom is 0.154 e. The highest BCUT2D eigenvalue weighted by Crippen LogP contribution is 2.19. The van der Waals surface area contributed by atoms with E-state index in [1.807, 2.05) is 4.90 Å². The number of hydrogen-bond donors (Lipinski definition) is 3. The van der Waals surface area contributed by atoms with Gasteiger partial charge in [-0.1, -0.05) is 0 Å². The van der Waals surface area contributed by atoms with Crippen molar-refractivity contribution >= 4 is 5.84 Å². The molecule has 0 spiro atoms. The standard InChI is InChI=1S/C8H16N2O2/c1-6(9)10-4-2-7(3-5-10)8(11)12/h7-9,11-12H,2-5H2,1H3. The topological polar surface area (TPSA) is 67.6 Å². The van der Waals surface area contributed by atoms with E-state index in [1.165, 1.54) is 0 Å². The van der Waals surface area contributed by atoms with Crippen molar-refractivity contribution in [2.75, 3.05) is 13.1 Å². The fourth-order valence-corrected chi connectivity index (χ4v) is 1.53. The molecule has 1 rings (SSSR count). The Hall–Kier alpha value is -0.610. The highest BCUT2D eigenvalue weighted by Gasteiger charge is 2.23. The number of likely N-dealkylation sites (tertiary alicyclic amines) is 1. The SMILES string of the molecule is CC(=N)N1CCC(C(O)O)CC1. The number of nitrogens with one attached hydrogen (secondary N) is 1. The van der Waals surface area contributed by atoms with Crippen LogP contribution in [0.3, 0.4) is 0 Å². The minimum atomic E-state index is -1.18. The second-order valence-electron chi connectivity index (χ2n) is 3.32. The summed E-state index contributed by atoms with van der Waals surface area (Å²) >= 11 is 0. The summed E-state index contributed by atoms with van der Waals surface area (Å²) in [6.07, 6.45) is 0.361. The van der Waals surface area contributed by atoms with Crippen LogP contribution in [0.4, 0.5) is 0 Å². The first-order valence-electron chi connectivity index (χ1n) is 4.27. The molecule has 0 aromatic carbocycles. The van der Waals surface area contributed by atoms with E-state index in [4.69, 9.17) is 15.6 Å². The zero-order valence-corrected chi connectivity index (χ0v) is 7.32. The fourth-order valence-electron chi connectivity index (χ4n) is 1.53. The Labute approximate surface area is 72.3 Å². The molecule has 70 valence electrons. The molecule has 0 atom stereocenters. The Kier molecular flexibility index (Phi) is 3.05. The molecule has 1 aliphatic heterocycles. The number of amidine groups is 1. The Balaban J connectivity index is 2.34. The molecule has 1 fully saturated rings. The van der Waals surface area contributed by atoms with Crippen LogP contribution in [0, 0.1) is 11.3 Å². The van der Waals surface area contributed by atoms with Crippen LogP contribution in [0.2, 0.25) is 0 Å². The minimum Gasteiger partial charge on any atom is -0.368 e. The van der Waals surface area contributed by atoms with Crippen LogP contribution in [0.15, 0.2) is 0 Å². The van der Waals surface area contributed by atoms with Gasteiger partial charge in [0.2, 0.25) is 0 Å². The average molecular weight is 172 g/mol. The summed E-state index contributed by atoms with van der Waals surface area (Å²) in [5, 5.41) is 25.1. The van der Waals surface area contributed by atoms with E-state index in [0.29, 0.717) is 5.84 Å². The van der Waals surface area contributed by atoms with Crippen LogP contribution in [0.25, 0.3) is 0 Å². The third kappa shape index (κ3) is 2.19. The van der Waals surface area contributed by atoms with E-state index in [2.05, 4.69) is 0 Å². The maximum atomic E-state index is 8.89. The zero-order valence-electron chi connectivity index (χ0n) is 7.32. The van der Waals surface area contributed by atoms with Crippen molar-refractivity contribution < 1.29 is 10.2 Å². The van der Waals surface area contributed by atoms with Gasteiger partial charge in [0.25, 0.3) is 0 Å². The van der Waals surface area contributed by atoms with Crippen molar-refractivity contribution in [3.8, 4) is 0 Å². The van der Waals surface area contributed by atoms with E-state index < -0.39 is 6.29 Å². The van der Waals surface area contributed by atoms with Crippen LogP contribution in [0.1, 0.15) is 19.8 Å². The quantitative estimate of drug-likeness (QED) is 0.296. The first-order chi connectivity index (χ1) is 5.61. The molecule has 0 radical (unpaired) electrons. The molecular formula is C8H16N2O2. The predicted molar refractivity (Wildman–Crippen MR) is 45.9 cm³/mol. The van der Waals surface area contributed by atoms with Gasteiger partial charge in [-0.25, -0.2) is 0 Å². The highest BCUT2D eigenvalue weighted by atomic mass is 16.5. The lowest BCUT2D eigenvalue weighted by atomic mass is 9.96. The third-order valence-corrected chi connectivity index (χ3v) is 2.44. The predicted octanol–water partition coefficient (Wildman–Crippen LogP) is 0.00627. The Morgan fingerprint density at radius 3 is 2.25 bits per heavy atom. The second kappa shape index (κ2) is 3.87. The molecule has 1 heterocycles. The first kappa shape index (κ1) is 9.48. The highest BCUT2D eigenvalue weighted by molar-refractivity contribution is 5.76. The molecule has 12 heavy (non-hydrogen) atoms. The van der Waals surface area contributed by atoms with Crippen molar-refractivity contribution in [3.05, 3.63) is 0 Å². The summed E-state index contributed by atoms with van der Waals surface area (Å²) in [5.74, 6) is 0.571. The van der Waals surface area contributed by atoms with Gasteiger partial charge in [0, 0.05) is 19.0 Å². The molecule has 1 saturated heterocycles. The van der Waals surface area contributed by atoms with Gasteiger partial charge in [-0.3, -0.25) is 5.41 Å². The maximum absolute atomic E-state index is 8.89. The molecule has 0 aromatic heterocycles. The molecule has 0 unspecified atom stereocenters. The van der Waals surface area contributed by atoms with Gasteiger partial charge in [0.1, 0.15) is 0 Å². The Morgan fingerprint density at radius 1 is 1.42 bits per heavy atom. The molecule has 1 aliphatic rings. The van der Waals surface area contributed by atoms with E-state index in [9.17, 15) is 0 Å². The third-order valence-electron chi connectivity index (χ3n) is 2.44. The second-order valence-corrected chi connectivity index (χ2v) is 3.32. The Bertz CT molecular complexity index is 162. The number of nitrogens with zero attached hydrogens (tertiary/aromatic N) is 1. The lowest BCUT2D eigenvalue weighted by Crippen LogP contribution is -2.39. The van der Waals surface area contributed by atoms with Crippen LogP contribution >= 0.6 is 0 Å². The summed E-state index contributed by atoms with van der Waals surface area (Å²) in [6, 6.07) is 0.